The zero-order valence-corrected chi connectivity index (χ0v) is 11.6. The van der Waals surface area contributed by atoms with E-state index >= 15 is 0 Å². The van der Waals surface area contributed by atoms with Crippen molar-refractivity contribution >= 4 is 0 Å². The van der Waals surface area contributed by atoms with Crippen molar-refractivity contribution in [1.29, 1.82) is 0 Å². The van der Waals surface area contributed by atoms with Gasteiger partial charge in [0.25, 0.3) is 0 Å². The third kappa shape index (κ3) is 3.45. The molecule has 0 aromatic heterocycles. The van der Waals surface area contributed by atoms with E-state index in [1.807, 2.05) is 6.92 Å². The van der Waals surface area contributed by atoms with Gasteiger partial charge in [-0.3, -0.25) is 4.90 Å². The van der Waals surface area contributed by atoms with E-state index in [1.165, 1.54) is 18.9 Å². The largest absolute Gasteiger partial charge is 0.494 e. The van der Waals surface area contributed by atoms with Crippen LogP contribution in [0.1, 0.15) is 37.8 Å². The smallest absolute Gasteiger partial charge is 0.124 e. The SMILES string of the molecule is CCOc1ccc(F)cc1C(CCN)N1CCCC1. The molecule has 0 saturated carbocycles. The number of benzene rings is 1. The van der Waals surface area contributed by atoms with Crippen LogP contribution in [0.4, 0.5) is 4.39 Å². The third-order valence-electron chi connectivity index (χ3n) is 3.65. The normalized spacial score (nSPS) is 17.6. The lowest BCUT2D eigenvalue weighted by Crippen LogP contribution is -2.28. The predicted molar refractivity (Wildman–Crippen MR) is 74.8 cm³/mol. The number of likely N-dealkylation sites (tertiary alicyclic amines) is 1. The molecule has 106 valence electrons. The molecule has 2 N–H and O–H groups in total. The lowest BCUT2D eigenvalue weighted by atomic mass is 10.0. The highest BCUT2D eigenvalue weighted by Gasteiger charge is 2.25. The Bertz CT molecular complexity index is 405. The van der Waals surface area contributed by atoms with Crippen molar-refractivity contribution in [2.45, 2.75) is 32.2 Å². The van der Waals surface area contributed by atoms with Crippen molar-refractivity contribution in [1.82, 2.24) is 4.90 Å². The highest BCUT2D eigenvalue weighted by molar-refractivity contribution is 5.37. The highest BCUT2D eigenvalue weighted by atomic mass is 19.1. The van der Waals surface area contributed by atoms with Gasteiger partial charge in [-0.1, -0.05) is 0 Å². The van der Waals surface area contributed by atoms with Crippen LogP contribution < -0.4 is 10.5 Å². The van der Waals surface area contributed by atoms with Crippen LogP contribution in [0.25, 0.3) is 0 Å². The molecule has 0 bridgehead atoms. The van der Waals surface area contributed by atoms with E-state index in [0.29, 0.717) is 13.2 Å². The predicted octanol–water partition coefficient (Wildman–Crippen LogP) is 2.71. The molecular weight excluding hydrogens is 243 g/mol. The summed E-state index contributed by atoms with van der Waals surface area (Å²) in [6, 6.07) is 4.96. The van der Waals surface area contributed by atoms with Crippen molar-refractivity contribution in [2.24, 2.45) is 5.73 Å². The van der Waals surface area contributed by atoms with E-state index in [0.717, 1.165) is 30.8 Å². The number of nitrogens with zero attached hydrogens (tertiary/aromatic N) is 1. The Morgan fingerprint density at radius 2 is 2.11 bits per heavy atom. The Hall–Kier alpha value is -1.13. The molecule has 1 atom stereocenters. The van der Waals surface area contributed by atoms with E-state index in [1.54, 1.807) is 12.1 Å². The summed E-state index contributed by atoms with van der Waals surface area (Å²) in [7, 11) is 0. The molecule has 2 rings (SSSR count). The number of hydrogen-bond acceptors (Lipinski definition) is 3. The fourth-order valence-corrected chi connectivity index (χ4v) is 2.81. The summed E-state index contributed by atoms with van der Waals surface area (Å²) >= 11 is 0. The molecule has 1 fully saturated rings. The van der Waals surface area contributed by atoms with Crippen molar-refractivity contribution in [2.75, 3.05) is 26.2 Å². The number of rotatable bonds is 6. The van der Waals surface area contributed by atoms with Crippen LogP contribution in [0.3, 0.4) is 0 Å². The van der Waals surface area contributed by atoms with Gasteiger partial charge in [-0.05, 0) is 64.0 Å². The molecule has 1 aliphatic rings. The molecule has 0 spiro atoms. The Labute approximate surface area is 114 Å². The Kier molecular flexibility index (Phi) is 5.16. The summed E-state index contributed by atoms with van der Waals surface area (Å²) in [4.78, 5) is 2.39. The average Bonchev–Trinajstić information content (AvgIpc) is 2.92. The van der Waals surface area contributed by atoms with E-state index in [-0.39, 0.29) is 11.9 Å². The Morgan fingerprint density at radius 3 is 2.74 bits per heavy atom. The van der Waals surface area contributed by atoms with Gasteiger partial charge in [0, 0.05) is 11.6 Å². The average molecular weight is 266 g/mol. The quantitative estimate of drug-likeness (QED) is 0.860. The zero-order valence-electron chi connectivity index (χ0n) is 11.6. The van der Waals surface area contributed by atoms with Gasteiger partial charge in [-0.2, -0.15) is 0 Å². The Morgan fingerprint density at radius 1 is 1.37 bits per heavy atom. The van der Waals surface area contributed by atoms with Crippen LogP contribution in [0.15, 0.2) is 18.2 Å². The number of halogens is 1. The van der Waals surface area contributed by atoms with Gasteiger partial charge < -0.3 is 10.5 Å². The second-order valence-corrected chi connectivity index (χ2v) is 4.95. The van der Waals surface area contributed by atoms with E-state index in [4.69, 9.17) is 10.5 Å². The van der Waals surface area contributed by atoms with Crippen LogP contribution in [0, 0.1) is 5.82 Å². The molecule has 19 heavy (non-hydrogen) atoms. The molecule has 0 radical (unpaired) electrons. The van der Waals surface area contributed by atoms with Crippen molar-refractivity contribution in [3.8, 4) is 5.75 Å². The monoisotopic (exact) mass is 266 g/mol. The fraction of sp³-hybridized carbons (Fsp3) is 0.600. The summed E-state index contributed by atoms with van der Waals surface area (Å²) in [6.45, 7) is 5.26. The lowest BCUT2D eigenvalue weighted by molar-refractivity contribution is 0.226. The molecule has 1 aromatic rings. The topological polar surface area (TPSA) is 38.5 Å². The second-order valence-electron chi connectivity index (χ2n) is 4.95. The first-order chi connectivity index (χ1) is 9.26. The van der Waals surface area contributed by atoms with Crippen LogP contribution in [0.2, 0.25) is 0 Å². The first-order valence-corrected chi connectivity index (χ1v) is 7.12. The summed E-state index contributed by atoms with van der Waals surface area (Å²) < 4.78 is 19.2. The number of nitrogens with two attached hydrogens (primary N) is 1. The molecule has 3 nitrogen and oxygen atoms in total. The van der Waals surface area contributed by atoms with Gasteiger partial charge in [0.1, 0.15) is 11.6 Å². The maximum Gasteiger partial charge on any atom is 0.124 e. The molecule has 1 heterocycles. The van der Waals surface area contributed by atoms with Crippen LogP contribution in [-0.2, 0) is 0 Å². The maximum atomic E-state index is 13.6. The molecule has 1 saturated heterocycles. The molecule has 1 unspecified atom stereocenters. The molecule has 1 aliphatic heterocycles. The zero-order chi connectivity index (χ0) is 13.7. The minimum Gasteiger partial charge on any atom is -0.494 e. The van der Waals surface area contributed by atoms with Gasteiger partial charge >= 0.3 is 0 Å². The fourth-order valence-electron chi connectivity index (χ4n) is 2.81. The molecule has 0 aliphatic carbocycles. The second kappa shape index (κ2) is 6.87. The van der Waals surface area contributed by atoms with E-state index in [9.17, 15) is 4.39 Å². The third-order valence-corrected chi connectivity index (χ3v) is 3.65. The minimum atomic E-state index is -0.209. The van der Waals surface area contributed by atoms with Gasteiger partial charge in [0.2, 0.25) is 0 Å². The summed E-state index contributed by atoms with van der Waals surface area (Å²) in [5.74, 6) is 0.578. The van der Waals surface area contributed by atoms with Gasteiger partial charge in [0.05, 0.1) is 6.61 Å². The first kappa shape index (κ1) is 14.3. The van der Waals surface area contributed by atoms with Crippen LogP contribution in [0.5, 0.6) is 5.75 Å². The summed E-state index contributed by atoms with van der Waals surface area (Å²) in [5.41, 5.74) is 6.67. The molecular formula is C15H23FN2O. The summed E-state index contributed by atoms with van der Waals surface area (Å²) in [6.07, 6.45) is 3.25. The van der Waals surface area contributed by atoms with Crippen molar-refractivity contribution < 1.29 is 9.13 Å². The van der Waals surface area contributed by atoms with Crippen molar-refractivity contribution in [3.05, 3.63) is 29.6 Å². The van der Waals surface area contributed by atoms with Gasteiger partial charge in [-0.15, -0.1) is 0 Å². The minimum absolute atomic E-state index is 0.171. The highest BCUT2D eigenvalue weighted by Crippen LogP contribution is 2.34. The molecule has 0 amide bonds. The van der Waals surface area contributed by atoms with Gasteiger partial charge in [-0.25, -0.2) is 4.39 Å². The first-order valence-electron chi connectivity index (χ1n) is 7.12. The van der Waals surface area contributed by atoms with E-state index in [2.05, 4.69) is 4.90 Å². The molecule has 1 aromatic carbocycles. The number of ether oxygens (including phenoxy) is 1. The van der Waals surface area contributed by atoms with Crippen LogP contribution >= 0.6 is 0 Å². The standard InChI is InChI=1S/C15H23FN2O/c1-2-19-15-6-5-12(16)11-13(15)14(7-8-17)18-9-3-4-10-18/h5-6,11,14H,2-4,7-10,17H2,1H3. The maximum absolute atomic E-state index is 13.6. The van der Waals surface area contributed by atoms with E-state index < -0.39 is 0 Å². The van der Waals surface area contributed by atoms with Crippen LogP contribution in [-0.4, -0.2) is 31.1 Å². The number of hydrogen-bond donors (Lipinski definition) is 1. The lowest BCUT2D eigenvalue weighted by Gasteiger charge is -2.29. The summed E-state index contributed by atoms with van der Waals surface area (Å²) in [5, 5.41) is 0. The Balaban J connectivity index is 2.30. The molecule has 4 heteroatoms. The van der Waals surface area contributed by atoms with Gasteiger partial charge in [0.15, 0.2) is 0 Å². The van der Waals surface area contributed by atoms with Crippen molar-refractivity contribution in [3.63, 3.8) is 0 Å².